The van der Waals surface area contributed by atoms with Crippen LogP contribution in [0.5, 0.6) is 0 Å². The molecule has 1 atom stereocenters. The van der Waals surface area contributed by atoms with E-state index in [-0.39, 0.29) is 10.6 Å². The highest BCUT2D eigenvalue weighted by molar-refractivity contribution is 5.74. The number of amides is 4. The van der Waals surface area contributed by atoms with Crippen molar-refractivity contribution in [2.75, 3.05) is 27.2 Å². The summed E-state index contributed by atoms with van der Waals surface area (Å²) in [5, 5.41) is 0. The van der Waals surface area contributed by atoms with Crippen molar-refractivity contribution in [2.24, 2.45) is 5.73 Å². The summed E-state index contributed by atoms with van der Waals surface area (Å²) in [6.07, 6.45) is 0. The van der Waals surface area contributed by atoms with Crippen LogP contribution in [0.1, 0.15) is 0 Å². The molecule has 1 rings (SSSR count). The second kappa shape index (κ2) is 2.63. The number of likely N-dealkylation sites (N-methyl/N-ethyl adjacent to an activating group) is 2. The van der Waals surface area contributed by atoms with Crippen LogP contribution in [0.25, 0.3) is 0 Å². The third kappa shape index (κ3) is 1.33. The van der Waals surface area contributed by atoms with Crippen molar-refractivity contribution in [2.45, 2.75) is 0 Å². The number of primary amides is 1. The van der Waals surface area contributed by atoms with Crippen LogP contribution in [0, 0.1) is 0 Å². The molecule has 0 aliphatic carbocycles. The fraction of sp³-hybridized carbons (Fsp3) is 0.667. The number of nitrogens with one attached hydrogen (secondary N) is 1. The molecule has 4 amide bonds. The SMILES string of the molecule is CN1CC[N+](C)(NC(N)=O)C1=O. The van der Waals surface area contributed by atoms with Gasteiger partial charge in [-0.15, -0.1) is 4.59 Å². The topological polar surface area (TPSA) is 75.4 Å². The van der Waals surface area contributed by atoms with Gasteiger partial charge < -0.3 is 5.73 Å². The Balaban J connectivity index is 2.72. The van der Waals surface area contributed by atoms with Gasteiger partial charge >= 0.3 is 12.1 Å². The predicted molar refractivity (Wildman–Crippen MR) is 41.8 cm³/mol. The molecule has 6 heteroatoms. The van der Waals surface area contributed by atoms with Gasteiger partial charge in [-0.05, 0) is 0 Å². The number of nitrogens with two attached hydrogens (primary N) is 1. The molecule has 1 heterocycles. The second-order valence-electron chi connectivity index (χ2n) is 3.10. The molecule has 6 nitrogen and oxygen atoms in total. The molecule has 0 aromatic rings. The zero-order valence-corrected chi connectivity index (χ0v) is 7.20. The van der Waals surface area contributed by atoms with Crippen LogP contribution < -0.4 is 11.2 Å². The van der Waals surface area contributed by atoms with E-state index < -0.39 is 6.03 Å². The number of nitrogens with zero attached hydrogens (tertiary/aromatic N) is 2. The average molecular weight is 173 g/mol. The first-order valence-corrected chi connectivity index (χ1v) is 3.64. The summed E-state index contributed by atoms with van der Waals surface area (Å²) in [5.41, 5.74) is 7.31. The summed E-state index contributed by atoms with van der Waals surface area (Å²) in [4.78, 5) is 23.5. The molecule has 1 fully saturated rings. The summed E-state index contributed by atoms with van der Waals surface area (Å²) in [6.45, 7) is 1.19. The maximum absolute atomic E-state index is 11.4. The smallest absolute Gasteiger partial charge is 0.348 e. The molecule has 3 N–H and O–H groups in total. The van der Waals surface area contributed by atoms with Gasteiger partial charge in [-0.1, -0.05) is 0 Å². The van der Waals surface area contributed by atoms with Crippen molar-refractivity contribution in [3.8, 4) is 0 Å². The van der Waals surface area contributed by atoms with Crippen molar-refractivity contribution in [1.82, 2.24) is 10.3 Å². The van der Waals surface area contributed by atoms with Crippen molar-refractivity contribution >= 4 is 12.1 Å². The third-order valence-corrected chi connectivity index (χ3v) is 1.99. The number of urea groups is 2. The van der Waals surface area contributed by atoms with Crippen LogP contribution in [-0.4, -0.2) is 48.7 Å². The third-order valence-electron chi connectivity index (χ3n) is 1.99. The first kappa shape index (κ1) is 8.79. The summed E-state index contributed by atoms with van der Waals surface area (Å²) in [6, 6.07) is -0.824. The van der Waals surface area contributed by atoms with Crippen LogP contribution >= 0.6 is 0 Å². The lowest BCUT2D eigenvalue weighted by Gasteiger charge is -2.23. The minimum Gasteiger partial charge on any atom is -0.348 e. The van der Waals surface area contributed by atoms with Gasteiger partial charge in [0.1, 0.15) is 13.6 Å². The molecular weight excluding hydrogens is 160 g/mol. The lowest BCUT2D eigenvalue weighted by atomic mass is 10.6. The van der Waals surface area contributed by atoms with Crippen LogP contribution in [0.15, 0.2) is 0 Å². The molecule has 0 aromatic heterocycles. The molecule has 0 aromatic carbocycles. The van der Waals surface area contributed by atoms with Gasteiger partial charge in [-0.3, -0.25) is 4.90 Å². The Kier molecular flexibility index (Phi) is 1.93. The number of rotatable bonds is 1. The first-order valence-electron chi connectivity index (χ1n) is 3.64. The van der Waals surface area contributed by atoms with Crippen molar-refractivity contribution < 1.29 is 14.2 Å². The number of carbonyl (C=O) groups excluding carboxylic acids is 2. The molecule has 1 saturated heterocycles. The van der Waals surface area contributed by atoms with Gasteiger partial charge in [0, 0.05) is 7.05 Å². The van der Waals surface area contributed by atoms with E-state index in [0.717, 1.165) is 0 Å². The fourth-order valence-corrected chi connectivity index (χ4v) is 1.26. The summed E-state index contributed by atoms with van der Waals surface area (Å²) in [5.74, 6) is 0. The standard InChI is InChI=1S/C6H12N4O2/c1-9-3-4-10(2,6(9)12)8-5(7)11/h3-4H2,1-2H3,(H2-,7,8,11)/p+1. The average Bonchev–Trinajstić information content (AvgIpc) is 2.16. The Morgan fingerprint density at radius 1 is 1.75 bits per heavy atom. The van der Waals surface area contributed by atoms with Gasteiger partial charge in [-0.25, -0.2) is 9.59 Å². The zero-order chi connectivity index (χ0) is 9.35. The van der Waals surface area contributed by atoms with E-state index in [1.165, 1.54) is 0 Å². The molecular formula is C6H13N4O2+. The maximum Gasteiger partial charge on any atom is 0.443 e. The highest BCUT2D eigenvalue weighted by Gasteiger charge is 2.43. The van der Waals surface area contributed by atoms with E-state index in [9.17, 15) is 9.59 Å². The fourth-order valence-electron chi connectivity index (χ4n) is 1.26. The highest BCUT2D eigenvalue weighted by Crippen LogP contribution is 2.10. The maximum atomic E-state index is 11.4. The molecule has 1 unspecified atom stereocenters. The van der Waals surface area contributed by atoms with Crippen molar-refractivity contribution in [3.05, 3.63) is 0 Å². The Morgan fingerprint density at radius 3 is 2.67 bits per heavy atom. The number of hydrogen-bond acceptors (Lipinski definition) is 2. The Labute approximate surface area is 70.5 Å². The molecule has 1 aliphatic rings. The van der Waals surface area contributed by atoms with Crippen LogP contribution in [0.4, 0.5) is 9.59 Å². The van der Waals surface area contributed by atoms with Crippen molar-refractivity contribution in [1.29, 1.82) is 0 Å². The Hall–Kier alpha value is -1.30. The molecule has 68 valence electrons. The van der Waals surface area contributed by atoms with E-state index in [1.807, 2.05) is 0 Å². The Morgan fingerprint density at radius 2 is 2.33 bits per heavy atom. The van der Waals surface area contributed by atoms with Crippen LogP contribution in [-0.2, 0) is 0 Å². The molecule has 0 spiro atoms. The van der Waals surface area contributed by atoms with E-state index in [2.05, 4.69) is 5.43 Å². The minimum atomic E-state index is -0.679. The predicted octanol–water partition coefficient (Wildman–Crippen LogP) is -0.918. The van der Waals surface area contributed by atoms with Crippen molar-refractivity contribution in [3.63, 3.8) is 0 Å². The summed E-state index contributed by atoms with van der Waals surface area (Å²) < 4.78 is -0.133. The first-order chi connectivity index (χ1) is 5.46. The van der Waals surface area contributed by atoms with Crippen LogP contribution in [0.2, 0.25) is 0 Å². The monoisotopic (exact) mass is 173 g/mol. The van der Waals surface area contributed by atoms with Crippen LogP contribution in [0.3, 0.4) is 0 Å². The molecule has 0 radical (unpaired) electrons. The largest absolute Gasteiger partial charge is 0.443 e. The lowest BCUT2D eigenvalue weighted by molar-refractivity contribution is -0.857. The molecule has 0 saturated carbocycles. The summed E-state index contributed by atoms with van der Waals surface area (Å²) >= 11 is 0. The van der Waals surface area contributed by atoms with E-state index in [1.54, 1.807) is 19.0 Å². The van der Waals surface area contributed by atoms with Gasteiger partial charge in [0.15, 0.2) is 0 Å². The van der Waals surface area contributed by atoms with E-state index >= 15 is 0 Å². The highest BCUT2D eigenvalue weighted by atomic mass is 16.2. The van der Waals surface area contributed by atoms with E-state index in [4.69, 9.17) is 5.73 Å². The van der Waals surface area contributed by atoms with Gasteiger partial charge in [-0.2, -0.15) is 5.43 Å². The minimum absolute atomic E-state index is 0.133. The number of quaternary nitrogens is 1. The van der Waals surface area contributed by atoms with Gasteiger partial charge in [0.2, 0.25) is 0 Å². The second-order valence-corrected chi connectivity index (χ2v) is 3.10. The molecule has 0 bridgehead atoms. The number of hydrogen-bond donors (Lipinski definition) is 2. The quantitative estimate of drug-likeness (QED) is 0.503. The zero-order valence-electron chi connectivity index (χ0n) is 7.20. The molecule has 1 aliphatic heterocycles. The lowest BCUT2D eigenvalue weighted by Crippen LogP contribution is -2.60. The normalized spacial score (nSPS) is 29.2. The van der Waals surface area contributed by atoms with Gasteiger partial charge in [0.05, 0.1) is 6.54 Å². The Bertz CT molecular complexity index is 230. The number of carbonyl (C=O) groups is 2. The summed E-state index contributed by atoms with van der Waals surface area (Å²) in [7, 11) is 3.31. The van der Waals surface area contributed by atoms with E-state index in [0.29, 0.717) is 13.1 Å². The van der Waals surface area contributed by atoms with Gasteiger partial charge in [0.25, 0.3) is 0 Å². The molecule has 12 heavy (non-hydrogen) atoms.